The predicted molar refractivity (Wildman–Crippen MR) is 42.6 cm³/mol. The summed E-state index contributed by atoms with van der Waals surface area (Å²) in [5, 5.41) is 9.17. The molecular weight excluding hydrogens is 189 g/mol. The van der Waals surface area contributed by atoms with E-state index in [1.807, 2.05) is 0 Å². The van der Waals surface area contributed by atoms with Crippen LogP contribution in [-0.4, -0.2) is 22.6 Å². The largest absolute Gasteiger partial charge is 0.465 e. The Morgan fingerprint density at radius 3 is 2.64 bits per heavy atom. The van der Waals surface area contributed by atoms with Crippen LogP contribution in [0.3, 0.4) is 0 Å². The molecule has 0 fully saturated rings. The molecule has 1 rings (SSSR count). The van der Waals surface area contributed by atoms with Gasteiger partial charge in [0.2, 0.25) is 0 Å². The minimum Gasteiger partial charge on any atom is -0.465 e. The topological polar surface area (TPSA) is 40.5 Å². The van der Waals surface area contributed by atoms with Crippen LogP contribution in [0, 0.1) is 0 Å². The van der Waals surface area contributed by atoms with E-state index in [0.29, 0.717) is 5.03 Å². The van der Waals surface area contributed by atoms with E-state index >= 15 is 0 Å². The van der Waals surface area contributed by atoms with E-state index in [4.69, 9.17) is 28.3 Å². The fraction of sp³-hybridized carbons (Fsp3) is 0.167. The van der Waals surface area contributed by atoms with Crippen LogP contribution in [0.2, 0.25) is 0 Å². The monoisotopic (exact) mass is 193 g/mol. The van der Waals surface area contributed by atoms with Crippen molar-refractivity contribution in [1.29, 1.82) is 0 Å². The van der Waals surface area contributed by atoms with Gasteiger partial charge in [0.25, 0.3) is 0 Å². The molecule has 1 aliphatic rings. The number of nitrogens with zero attached hydrogens (tertiary/aromatic N) is 1. The fourth-order valence-corrected chi connectivity index (χ4v) is 1.07. The molecule has 3 nitrogen and oxygen atoms in total. The van der Waals surface area contributed by atoms with Crippen LogP contribution < -0.4 is 0 Å². The van der Waals surface area contributed by atoms with Gasteiger partial charge in [-0.1, -0.05) is 23.2 Å². The zero-order valence-electron chi connectivity index (χ0n) is 5.42. The summed E-state index contributed by atoms with van der Waals surface area (Å²) in [6.07, 6.45) is 1.92. The second-order valence-corrected chi connectivity index (χ2v) is 2.84. The van der Waals surface area contributed by atoms with Crippen molar-refractivity contribution in [2.45, 2.75) is 0 Å². The Morgan fingerprint density at radius 2 is 2.18 bits per heavy atom. The van der Waals surface area contributed by atoms with Gasteiger partial charge < -0.3 is 5.11 Å². The zero-order chi connectivity index (χ0) is 8.43. The van der Waals surface area contributed by atoms with Gasteiger partial charge in [-0.3, -0.25) is 4.90 Å². The SMILES string of the molecule is O=C(O)N1CC(Cl)=CC=C1Cl. The maximum atomic E-state index is 10.4. The van der Waals surface area contributed by atoms with Gasteiger partial charge in [-0.05, 0) is 12.2 Å². The van der Waals surface area contributed by atoms with Crippen molar-refractivity contribution in [2.24, 2.45) is 0 Å². The molecule has 0 aromatic carbocycles. The number of hydrogen-bond donors (Lipinski definition) is 1. The first-order valence-electron chi connectivity index (χ1n) is 2.83. The van der Waals surface area contributed by atoms with E-state index in [-0.39, 0.29) is 11.7 Å². The maximum Gasteiger partial charge on any atom is 0.412 e. The molecule has 0 saturated heterocycles. The van der Waals surface area contributed by atoms with E-state index in [2.05, 4.69) is 0 Å². The molecule has 0 bridgehead atoms. The van der Waals surface area contributed by atoms with Crippen LogP contribution in [-0.2, 0) is 0 Å². The third-order valence-electron chi connectivity index (χ3n) is 1.20. The number of hydrogen-bond acceptors (Lipinski definition) is 1. The number of amides is 1. The highest BCUT2D eigenvalue weighted by atomic mass is 35.5. The summed E-state index contributed by atoms with van der Waals surface area (Å²) in [7, 11) is 0. The van der Waals surface area contributed by atoms with Crippen LogP contribution >= 0.6 is 23.2 Å². The Labute approximate surface area is 73.5 Å². The molecule has 0 aromatic heterocycles. The van der Waals surface area contributed by atoms with Crippen molar-refractivity contribution in [3.63, 3.8) is 0 Å². The van der Waals surface area contributed by atoms with Crippen molar-refractivity contribution in [1.82, 2.24) is 4.90 Å². The van der Waals surface area contributed by atoms with E-state index in [1.54, 1.807) is 6.08 Å². The van der Waals surface area contributed by atoms with Crippen molar-refractivity contribution in [3.8, 4) is 0 Å². The molecule has 1 heterocycles. The molecule has 0 saturated carbocycles. The highest BCUT2D eigenvalue weighted by Crippen LogP contribution is 2.19. The average Bonchev–Trinajstić information content (AvgIpc) is 1.94. The molecule has 0 radical (unpaired) electrons. The lowest BCUT2D eigenvalue weighted by atomic mass is 10.3. The minimum absolute atomic E-state index is 0.131. The maximum absolute atomic E-state index is 10.4. The van der Waals surface area contributed by atoms with Crippen molar-refractivity contribution < 1.29 is 9.90 Å². The normalized spacial score (nSPS) is 17.5. The van der Waals surface area contributed by atoms with E-state index < -0.39 is 6.09 Å². The van der Waals surface area contributed by atoms with Crippen molar-refractivity contribution >= 4 is 29.3 Å². The van der Waals surface area contributed by atoms with Crippen LogP contribution in [0.5, 0.6) is 0 Å². The molecule has 5 heteroatoms. The molecule has 0 aliphatic carbocycles. The lowest BCUT2D eigenvalue weighted by Gasteiger charge is -2.19. The fourth-order valence-electron chi connectivity index (χ4n) is 0.687. The second kappa shape index (κ2) is 3.15. The standard InChI is InChI=1S/C6H5Cl2NO2/c7-4-1-2-5(8)9(3-4)6(10)11/h1-2H,3H2,(H,10,11). The highest BCUT2D eigenvalue weighted by molar-refractivity contribution is 6.32. The molecule has 11 heavy (non-hydrogen) atoms. The van der Waals surface area contributed by atoms with Crippen LogP contribution in [0.1, 0.15) is 0 Å². The van der Waals surface area contributed by atoms with Gasteiger partial charge >= 0.3 is 6.09 Å². The molecule has 60 valence electrons. The first-order chi connectivity index (χ1) is 5.11. The lowest BCUT2D eigenvalue weighted by Crippen LogP contribution is -2.29. The predicted octanol–water partition coefficient (Wildman–Crippen LogP) is 2.18. The summed E-state index contributed by atoms with van der Waals surface area (Å²) < 4.78 is 0. The van der Waals surface area contributed by atoms with Crippen LogP contribution in [0.15, 0.2) is 22.3 Å². The zero-order valence-corrected chi connectivity index (χ0v) is 6.93. The van der Waals surface area contributed by atoms with Gasteiger partial charge in [0.15, 0.2) is 0 Å². The third kappa shape index (κ3) is 1.88. The molecule has 0 aromatic rings. The summed E-state index contributed by atoms with van der Waals surface area (Å²) in [6.45, 7) is 0.131. The number of carboxylic acid groups (broad SMARTS) is 1. The summed E-state index contributed by atoms with van der Waals surface area (Å²) in [5.74, 6) is 0. The Bertz CT molecular complexity index is 247. The number of carbonyl (C=O) groups is 1. The van der Waals surface area contributed by atoms with Gasteiger partial charge in [0, 0.05) is 5.03 Å². The molecule has 1 N–H and O–H groups in total. The number of allylic oxidation sites excluding steroid dienone is 2. The Balaban J connectivity index is 2.81. The Hall–Kier alpha value is -0.670. The van der Waals surface area contributed by atoms with E-state index in [0.717, 1.165) is 4.90 Å². The van der Waals surface area contributed by atoms with Crippen LogP contribution in [0.4, 0.5) is 4.79 Å². The summed E-state index contributed by atoms with van der Waals surface area (Å²) in [6, 6.07) is 0. The molecule has 1 aliphatic heterocycles. The van der Waals surface area contributed by atoms with E-state index in [9.17, 15) is 4.79 Å². The van der Waals surface area contributed by atoms with Gasteiger partial charge in [-0.15, -0.1) is 0 Å². The highest BCUT2D eigenvalue weighted by Gasteiger charge is 2.18. The molecule has 1 amide bonds. The first-order valence-corrected chi connectivity index (χ1v) is 3.59. The van der Waals surface area contributed by atoms with Crippen LogP contribution in [0.25, 0.3) is 0 Å². The van der Waals surface area contributed by atoms with E-state index in [1.165, 1.54) is 6.08 Å². The first kappa shape index (κ1) is 8.43. The quantitative estimate of drug-likeness (QED) is 0.600. The van der Waals surface area contributed by atoms with Gasteiger partial charge in [0.05, 0.1) is 6.54 Å². The second-order valence-electron chi connectivity index (χ2n) is 1.97. The van der Waals surface area contributed by atoms with Crippen molar-refractivity contribution in [3.05, 3.63) is 22.3 Å². The molecular formula is C6H5Cl2NO2. The van der Waals surface area contributed by atoms with Gasteiger partial charge in [-0.25, -0.2) is 4.79 Å². The molecule has 0 atom stereocenters. The summed E-state index contributed by atoms with van der Waals surface area (Å²) >= 11 is 11.1. The lowest BCUT2D eigenvalue weighted by molar-refractivity contribution is 0.164. The number of halogens is 2. The van der Waals surface area contributed by atoms with Crippen molar-refractivity contribution in [2.75, 3.05) is 6.54 Å². The van der Waals surface area contributed by atoms with Gasteiger partial charge in [0.1, 0.15) is 5.16 Å². The Kier molecular flexibility index (Phi) is 2.42. The summed E-state index contributed by atoms with van der Waals surface area (Å²) in [4.78, 5) is 11.4. The van der Waals surface area contributed by atoms with Gasteiger partial charge in [-0.2, -0.15) is 0 Å². The molecule has 0 unspecified atom stereocenters. The average molecular weight is 194 g/mol. The minimum atomic E-state index is -1.10. The molecule has 0 spiro atoms. The Morgan fingerprint density at radius 1 is 1.55 bits per heavy atom. The summed E-state index contributed by atoms with van der Waals surface area (Å²) in [5.41, 5.74) is 0. The number of rotatable bonds is 0. The third-order valence-corrected chi connectivity index (χ3v) is 1.78. The smallest absolute Gasteiger partial charge is 0.412 e.